The molecule has 0 saturated heterocycles. The molecule has 3 aromatic carbocycles. The largest absolute Gasteiger partial charge is 0.455 e. The van der Waals surface area contributed by atoms with Gasteiger partial charge in [0.2, 0.25) is 0 Å². The number of nitrogens with one attached hydrogen (secondary N) is 1. The van der Waals surface area contributed by atoms with Crippen LogP contribution in [0.2, 0.25) is 0 Å². The maximum absolute atomic E-state index is 12.8. The Kier molecular flexibility index (Phi) is 4.37. The quantitative estimate of drug-likeness (QED) is 0.339. The van der Waals surface area contributed by atoms with E-state index in [1.807, 2.05) is 60.7 Å². The van der Waals surface area contributed by atoms with Crippen LogP contribution in [0.5, 0.6) is 0 Å². The lowest BCUT2D eigenvalue weighted by Gasteiger charge is -2.11. The molecular weight excluding hydrogens is 428 g/mol. The van der Waals surface area contributed by atoms with Crippen molar-refractivity contribution >= 4 is 49.5 Å². The Morgan fingerprint density at radius 2 is 1.72 bits per heavy atom. The predicted octanol–water partition coefficient (Wildman–Crippen LogP) is 6.66. The van der Waals surface area contributed by atoms with E-state index in [9.17, 15) is 4.79 Å². The summed E-state index contributed by atoms with van der Waals surface area (Å²) >= 11 is 3.41. The van der Waals surface area contributed by atoms with Crippen molar-refractivity contribution in [3.05, 3.63) is 95.1 Å². The van der Waals surface area contributed by atoms with Crippen LogP contribution in [0.1, 0.15) is 10.4 Å². The minimum Gasteiger partial charge on any atom is -0.455 e. The van der Waals surface area contributed by atoms with Gasteiger partial charge in [-0.15, -0.1) is 0 Å². The van der Waals surface area contributed by atoms with Crippen LogP contribution in [-0.4, -0.2) is 10.9 Å². The minimum absolute atomic E-state index is 0.197. The highest BCUT2D eigenvalue weighted by atomic mass is 79.9. The van der Waals surface area contributed by atoms with Crippen LogP contribution in [-0.2, 0) is 0 Å². The summed E-state index contributed by atoms with van der Waals surface area (Å²) in [6.45, 7) is 0. The van der Waals surface area contributed by atoms with E-state index in [0.29, 0.717) is 16.9 Å². The van der Waals surface area contributed by atoms with E-state index in [1.165, 1.54) is 0 Å². The van der Waals surface area contributed by atoms with Gasteiger partial charge < -0.3 is 9.73 Å². The molecule has 5 rings (SSSR count). The first kappa shape index (κ1) is 17.6. The lowest BCUT2D eigenvalue weighted by molar-refractivity contribution is 0.102. The second kappa shape index (κ2) is 7.18. The van der Waals surface area contributed by atoms with Crippen LogP contribution in [0.15, 0.2) is 93.9 Å². The Labute approximate surface area is 175 Å². The van der Waals surface area contributed by atoms with E-state index in [-0.39, 0.29) is 5.91 Å². The molecule has 4 nitrogen and oxygen atoms in total. The number of carbonyl (C=O) groups is 1. The Morgan fingerprint density at radius 1 is 0.897 bits per heavy atom. The normalized spacial score (nSPS) is 11.1. The molecule has 0 radical (unpaired) electrons. The van der Waals surface area contributed by atoms with Crippen molar-refractivity contribution in [2.24, 2.45) is 0 Å². The molecule has 0 unspecified atom stereocenters. The number of para-hydroxylation sites is 2. The van der Waals surface area contributed by atoms with Crippen molar-refractivity contribution in [1.29, 1.82) is 0 Å². The number of amides is 1. The van der Waals surface area contributed by atoms with Gasteiger partial charge in [0.15, 0.2) is 0 Å². The Hall–Kier alpha value is -3.44. The second-order valence-corrected chi connectivity index (χ2v) is 7.56. The number of aromatic nitrogens is 1. The second-order valence-electron chi connectivity index (χ2n) is 6.64. The number of hydrogen-bond acceptors (Lipinski definition) is 3. The third-order valence-corrected chi connectivity index (χ3v) is 5.30. The van der Waals surface area contributed by atoms with Gasteiger partial charge in [-0.05, 0) is 42.5 Å². The highest BCUT2D eigenvalue weighted by Crippen LogP contribution is 2.37. The first-order valence-electron chi connectivity index (χ1n) is 9.13. The molecule has 1 N–H and O–H groups in total. The van der Waals surface area contributed by atoms with Crippen LogP contribution in [0, 0.1) is 0 Å². The van der Waals surface area contributed by atoms with Crippen LogP contribution < -0.4 is 5.32 Å². The molecular formula is C24H15BrN2O2. The summed E-state index contributed by atoms with van der Waals surface area (Å²) in [5.41, 5.74) is 4.28. The van der Waals surface area contributed by atoms with E-state index in [0.717, 1.165) is 32.0 Å². The van der Waals surface area contributed by atoms with Gasteiger partial charge >= 0.3 is 0 Å². The van der Waals surface area contributed by atoms with Crippen LogP contribution >= 0.6 is 15.9 Å². The third kappa shape index (κ3) is 3.19. The van der Waals surface area contributed by atoms with Gasteiger partial charge in [-0.3, -0.25) is 9.78 Å². The van der Waals surface area contributed by atoms with Crippen molar-refractivity contribution in [1.82, 2.24) is 4.98 Å². The lowest BCUT2D eigenvalue weighted by Crippen LogP contribution is -2.13. The number of carbonyl (C=O) groups excluding carboxylic acids is 1. The van der Waals surface area contributed by atoms with Crippen molar-refractivity contribution in [3.63, 3.8) is 0 Å². The molecule has 1 amide bonds. The highest BCUT2D eigenvalue weighted by Gasteiger charge is 2.17. The summed E-state index contributed by atoms with van der Waals surface area (Å²) in [6.07, 6.45) is 1.71. The topological polar surface area (TPSA) is 55.1 Å². The lowest BCUT2D eigenvalue weighted by atomic mass is 10.0. The number of pyridine rings is 1. The van der Waals surface area contributed by atoms with Gasteiger partial charge in [0.25, 0.3) is 5.91 Å². The molecule has 0 aliphatic rings. The molecule has 0 spiro atoms. The van der Waals surface area contributed by atoms with Crippen molar-refractivity contribution in [2.45, 2.75) is 0 Å². The van der Waals surface area contributed by atoms with Gasteiger partial charge in [0.1, 0.15) is 11.2 Å². The number of furan rings is 1. The van der Waals surface area contributed by atoms with Crippen LogP contribution in [0.25, 0.3) is 33.2 Å². The fourth-order valence-corrected chi connectivity index (χ4v) is 3.88. The van der Waals surface area contributed by atoms with Gasteiger partial charge in [-0.1, -0.05) is 52.3 Å². The average Bonchev–Trinajstić information content (AvgIpc) is 3.13. The van der Waals surface area contributed by atoms with Gasteiger partial charge in [0.05, 0.1) is 11.4 Å². The summed E-state index contributed by atoms with van der Waals surface area (Å²) in [6, 6.07) is 24.8. The van der Waals surface area contributed by atoms with E-state index < -0.39 is 0 Å². The van der Waals surface area contributed by atoms with Crippen LogP contribution in [0.4, 0.5) is 5.69 Å². The number of fused-ring (bicyclic) bond motifs is 3. The van der Waals surface area contributed by atoms with Gasteiger partial charge in [-0.25, -0.2) is 0 Å². The summed E-state index contributed by atoms with van der Waals surface area (Å²) in [5, 5.41) is 5.06. The molecule has 5 aromatic rings. The first-order valence-corrected chi connectivity index (χ1v) is 9.92. The number of anilines is 1. The van der Waals surface area contributed by atoms with E-state index in [2.05, 4.69) is 26.2 Å². The summed E-state index contributed by atoms with van der Waals surface area (Å²) < 4.78 is 6.99. The summed E-state index contributed by atoms with van der Waals surface area (Å²) in [5.74, 6) is -0.197. The molecule has 0 aliphatic heterocycles. The first-order chi connectivity index (χ1) is 14.2. The standard InChI is InChI=1S/C24H15BrN2O2/c25-16-7-3-6-15(14-16)24(28)27-20-11-5-13-26-22(20)19-10-4-9-18-17-8-1-2-12-21(17)29-23(18)19/h1-14H,(H,27,28). The highest BCUT2D eigenvalue weighted by molar-refractivity contribution is 9.10. The van der Waals surface area contributed by atoms with Crippen LogP contribution in [0.3, 0.4) is 0 Å². The number of hydrogen-bond donors (Lipinski definition) is 1. The number of halogens is 1. The van der Waals surface area contributed by atoms with Crippen molar-refractivity contribution in [3.8, 4) is 11.3 Å². The molecule has 0 atom stereocenters. The maximum atomic E-state index is 12.8. The molecule has 140 valence electrons. The zero-order valence-electron chi connectivity index (χ0n) is 15.2. The smallest absolute Gasteiger partial charge is 0.255 e. The number of nitrogens with zero attached hydrogens (tertiary/aromatic N) is 1. The maximum Gasteiger partial charge on any atom is 0.255 e. The Balaban J connectivity index is 1.62. The van der Waals surface area contributed by atoms with E-state index in [1.54, 1.807) is 24.4 Å². The molecule has 0 bridgehead atoms. The third-order valence-electron chi connectivity index (χ3n) is 4.80. The predicted molar refractivity (Wildman–Crippen MR) is 119 cm³/mol. The number of rotatable bonds is 3. The Bertz CT molecular complexity index is 1370. The molecule has 29 heavy (non-hydrogen) atoms. The van der Waals surface area contributed by atoms with Crippen molar-refractivity contribution in [2.75, 3.05) is 5.32 Å². The van der Waals surface area contributed by atoms with Gasteiger partial charge in [-0.2, -0.15) is 0 Å². The summed E-state index contributed by atoms with van der Waals surface area (Å²) in [7, 11) is 0. The molecule has 0 aliphatic carbocycles. The Morgan fingerprint density at radius 3 is 2.62 bits per heavy atom. The molecule has 2 heterocycles. The average molecular weight is 443 g/mol. The molecule has 5 heteroatoms. The monoisotopic (exact) mass is 442 g/mol. The number of benzene rings is 3. The SMILES string of the molecule is O=C(Nc1cccnc1-c1cccc2c1oc1ccccc12)c1cccc(Br)c1. The van der Waals surface area contributed by atoms with E-state index >= 15 is 0 Å². The minimum atomic E-state index is -0.197. The summed E-state index contributed by atoms with van der Waals surface area (Å²) in [4.78, 5) is 17.3. The molecule has 0 saturated carbocycles. The van der Waals surface area contributed by atoms with E-state index in [4.69, 9.17) is 4.42 Å². The zero-order valence-corrected chi connectivity index (χ0v) is 16.8. The molecule has 2 aromatic heterocycles. The fraction of sp³-hybridized carbons (Fsp3) is 0. The van der Waals surface area contributed by atoms with Gasteiger partial charge in [0, 0.05) is 32.6 Å². The molecule has 0 fully saturated rings. The van der Waals surface area contributed by atoms with Crippen molar-refractivity contribution < 1.29 is 9.21 Å². The fourth-order valence-electron chi connectivity index (χ4n) is 3.48. The zero-order chi connectivity index (χ0) is 19.8.